The zero-order valence-corrected chi connectivity index (χ0v) is 19.7. The maximum atomic E-state index is 6.43. The van der Waals surface area contributed by atoms with Crippen LogP contribution in [0.2, 0.25) is 5.02 Å². The van der Waals surface area contributed by atoms with E-state index in [1.165, 1.54) is 16.7 Å². The van der Waals surface area contributed by atoms with Crippen molar-refractivity contribution in [1.82, 2.24) is 30.6 Å². The van der Waals surface area contributed by atoms with Gasteiger partial charge in [0.1, 0.15) is 15.9 Å². The topological polar surface area (TPSA) is 89.5 Å². The van der Waals surface area contributed by atoms with E-state index in [1.807, 2.05) is 26.1 Å². The van der Waals surface area contributed by atoms with Crippen LogP contribution in [0.5, 0.6) is 5.88 Å². The minimum atomic E-state index is -0.274. The van der Waals surface area contributed by atoms with Gasteiger partial charge in [0.2, 0.25) is 5.88 Å². The first kappa shape index (κ1) is 21.0. The third-order valence-electron chi connectivity index (χ3n) is 5.94. The lowest BCUT2D eigenvalue weighted by molar-refractivity contribution is 0.233. The van der Waals surface area contributed by atoms with Crippen LogP contribution in [0.1, 0.15) is 47.8 Å². The highest BCUT2D eigenvalue weighted by Crippen LogP contribution is 2.49. The van der Waals surface area contributed by atoms with Crippen molar-refractivity contribution >= 4 is 22.9 Å². The third-order valence-corrected chi connectivity index (χ3v) is 7.46. The van der Waals surface area contributed by atoms with Crippen molar-refractivity contribution in [3.8, 4) is 16.3 Å². The maximum absolute atomic E-state index is 6.43. The molecule has 0 amide bonds. The third kappa shape index (κ3) is 3.67. The van der Waals surface area contributed by atoms with Crippen molar-refractivity contribution < 1.29 is 4.74 Å². The summed E-state index contributed by atoms with van der Waals surface area (Å²) in [6.45, 7) is 6.07. The largest absolute Gasteiger partial charge is 0.474 e. The predicted octanol–water partition coefficient (Wildman–Crippen LogP) is 4.94. The minimum Gasteiger partial charge on any atom is -0.474 e. The molecule has 0 fully saturated rings. The Morgan fingerprint density at radius 3 is 2.88 bits per heavy atom. The smallest absolute Gasteiger partial charge is 0.232 e. The van der Waals surface area contributed by atoms with Crippen LogP contribution in [-0.4, -0.2) is 36.7 Å². The van der Waals surface area contributed by atoms with Gasteiger partial charge in [-0.2, -0.15) is 0 Å². The number of halogens is 1. The number of aryl methyl sites for hydroxylation is 1. The number of nitrogens with one attached hydrogen (secondary N) is 1. The number of H-pyrrole nitrogens is 1. The highest BCUT2D eigenvalue weighted by atomic mass is 35.5. The highest BCUT2D eigenvalue weighted by molar-refractivity contribution is 7.15. The molecule has 0 aliphatic heterocycles. The summed E-state index contributed by atoms with van der Waals surface area (Å²) in [5, 5.41) is 16.2. The first-order valence-corrected chi connectivity index (χ1v) is 11.8. The summed E-state index contributed by atoms with van der Waals surface area (Å²) in [5.41, 5.74) is 4.68. The van der Waals surface area contributed by atoms with Crippen LogP contribution in [0.15, 0.2) is 36.7 Å². The van der Waals surface area contributed by atoms with Crippen LogP contribution in [0, 0.1) is 6.92 Å². The van der Waals surface area contributed by atoms with Crippen molar-refractivity contribution in [2.24, 2.45) is 0 Å². The lowest BCUT2D eigenvalue weighted by Crippen LogP contribution is -2.28. The fourth-order valence-corrected chi connectivity index (χ4v) is 5.81. The number of nitrogens with zero attached hydrogens (tertiary/aromatic N) is 5. The summed E-state index contributed by atoms with van der Waals surface area (Å²) in [7, 11) is 0. The molecule has 0 unspecified atom stereocenters. The summed E-state index contributed by atoms with van der Waals surface area (Å²) < 4.78 is 5.67. The van der Waals surface area contributed by atoms with Crippen LogP contribution >= 0.6 is 22.9 Å². The Morgan fingerprint density at radius 1 is 1.25 bits per heavy atom. The zero-order chi connectivity index (χ0) is 22.3. The van der Waals surface area contributed by atoms with Crippen molar-refractivity contribution in [1.29, 1.82) is 0 Å². The lowest BCUT2D eigenvalue weighted by atomic mass is 9.78. The van der Waals surface area contributed by atoms with Crippen LogP contribution in [0.3, 0.4) is 0 Å². The van der Waals surface area contributed by atoms with Gasteiger partial charge in [0.05, 0.1) is 16.4 Å². The standard InChI is InChI=1S/C23H23ClN6OS/c1-13(2)31-21-18(24)9-15(11-25-21)19-12-26-22(32-19)23(10-20-27-29-30-28-20)8-7-16-14(3)5-4-6-17(16)23/h4-6,9,11-13H,7-8,10H2,1-3H3,(H,27,28,29,30)/t23-/m1/s1. The number of hydrogen-bond donors (Lipinski definition) is 1. The van der Waals surface area contributed by atoms with Gasteiger partial charge < -0.3 is 4.74 Å². The Morgan fingerprint density at radius 2 is 2.12 bits per heavy atom. The molecule has 32 heavy (non-hydrogen) atoms. The molecule has 1 aromatic carbocycles. The van der Waals surface area contributed by atoms with Gasteiger partial charge in [0.15, 0.2) is 0 Å². The van der Waals surface area contributed by atoms with E-state index < -0.39 is 0 Å². The Hall–Kier alpha value is -2.84. The van der Waals surface area contributed by atoms with Crippen LogP contribution in [0.25, 0.3) is 10.4 Å². The molecule has 7 nitrogen and oxygen atoms in total. The molecular formula is C23H23ClN6OS. The van der Waals surface area contributed by atoms with E-state index in [9.17, 15) is 0 Å². The van der Waals surface area contributed by atoms with Crippen LogP contribution < -0.4 is 4.74 Å². The molecule has 0 radical (unpaired) electrons. The van der Waals surface area contributed by atoms with Crippen LogP contribution in [0.4, 0.5) is 0 Å². The number of pyridine rings is 1. The number of hydrogen-bond acceptors (Lipinski definition) is 7. The number of aromatic amines is 1. The number of benzene rings is 1. The fraction of sp³-hybridized carbons (Fsp3) is 0.348. The average molecular weight is 467 g/mol. The number of fused-ring (bicyclic) bond motifs is 1. The molecule has 3 aromatic heterocycles. The summed E-state index contributed by atoms with van der Waals surface area (Å²) in [6, 6.07) is 8.41. The molecule has 1 N–H and O–H groups in total. The molecule has 1 aliphatic carbocycles. The van der Waals surface area contributed by atoms with E-state index >= 15 is 0 Å². The fourth-order valence-electron chi connectivity index (χ4n) is 4.48. The van der Waals surface area contributed by atoms with Crippen molar-refractivity contribution in [3.63, 3.8) is 0 Å². The average Bonchev–Trinajstić information content (AvgIpc) is 3.51. The second-order valence-electron chi connectivity index (χ2n) is 8.42. The summed E-state index contributed by atoms with van der Waals surface area (Å²) in [4.78, 5) is 10.3. The lowest BCUT2D eigenvalue weighted by Gasteiger charge is -2.27. The SMILES string of the molecule is Cc1cccc2c1CC[C@]2(Cc1nnn[nH]1)c1ncc(-c2cnc(OC(C)C)c(Cl)c2)s1. The molecule has 0 saturated carbocycles. The van der Waals surface area contributed by atoms with Crippen LogP contribution in [-0.2, 0) is 18.3 Å². The molecule has 5 rings (SSSR count). The van der Waals surface area contributed by atoms with Gasteiger partial charge in [-0.15, -0.1) is 16.4 Å². The monoisotopic (exact) mass is 466 g/mol. The van der Waals surface area contributed by atoms with Gasteiger partial charge in [-0.05, 0) is 66.8 Å². The van der Waals surface area contributed by atoms with Crippen molar-refractivity contribution in [3.05, 3.63) is 69.2 Å². The molecule has 164 valence electrons. The molecule has 3 heterocycles. The van der Waals surface area contributed by atoms with E-state index in [2.05, 4.69) is 50.7 Å². The molecule has 0 spiro atoms. The normalized spacial score (nSPS) is 17.7. The van der Waals surface area contributed by atoms with E-state index in [-0.39, 0.29) is 11.5 Å². The molecule has 9 heteroatoms. The minimum absolute atomic E-state index is 0.0113. The Bertz CT molecular complexity index is 1260. The molecule has 4 aromatic rings. The number of tetrazole rings is 1. The number of aromatic nitrogens is 6. The van der Waals surface area contributed by atoms with Crippen molar-refractivity contribution in [2.75, 3.05) is 0 Å². The number of ether oxygens (including phenoxy) is 1. The highest BCUT2D eigenvalue weighted by Gasteiger charge is 2.44. The van der Waals surface area contributed by atoms with E-state index in [0.717, 1.165) is 34.1 Å². The van der Waals surface area contributed by atoms with Crippen molar-refractivity contribution in [2.45, 2.75) is 51.6 Å². The second-order valence-corrected chi connectivity index (χ2v) is 9.85. The summed E-state index contributed by atoms with van der Waals surface area (Å²) >= 11 is 8.10. The first-order chi connectivity index (χ1) is 15.5. The summed E-state index contributed by atoms with van der Waals surface area (Å²) in [5.74, 6) is 1.21. The zero-order valence-electron chi connectivity index (χ0n) is 18.1. The van der Waals surface area contributed by atoms with Gasteiger partial charge in [0.25, 0.3) is 0 Å². The van der Waals surface area contributed by atoms with E-state index in [1.54, 1.807) is 17.5 Å². The summed E-state index contributed by atoms with van der Waals surface area (Å²) in [6.07, 6.45) is 6.35. The van der Waals surface area contributed by atoms with Gasteiger partial charge >= 0.3 is 0 Å². The number of thiazole rings is 1. The first-order valence-electron chi connectivity index (χ1n) is 10.6. The van der Waals surface area contributed by atoms with Gasteiger partial charge in [-0.1, -0.05) is 29.8 Å². The van der Waals surface area contributed by atoms with Gasteiger partial charge in [0, 0.05) is 24.4 Å². The molecular weight excluding hydrogens is 444 g/mol. The van der Waals surface area contributed by atoms with E-state index in [0.29, 0.717) is 17.3 Å². The van der Waals surface area contributed by atoms with E-state index in [4.69, 9.17) is 21.3 Å². The Balaban J connectivity index is 1.56. The van der Waals surface area contributed by atoms with Gasteiger partial charge in [-0.25, -0.2) is 15.1 Å². The number of rotatable bonds is 6. The molecule has 1 atom stereocenters. The molecule has 1 aliphatic rings. The Kier molecular flexibility index (Phi) is 5.43. The quantitative estimate of drug-likeness (QED) is 0.432. The second kappa shape index (κ2) is 8.26. The predicted molar refractivity (Wildman–Crippen MR) is 124 cm³/mol. The molecule has 0 bridgehead atoms. The molecule has 0 saturated heterocycles. The van der Waals surface area contributed by atoms with Gasteiger partial charge in [-0.3, -0.25) is 0 Å². The maximum Gasteiger partial charge on any atom is 0.232 e. The Labute approximate surface area is 195 Å².